The number of para-hydroxylation sites is 1. The molecule has 24 heavy (non-hydrogen) atoms. The highest BCUT2D eigenvalue weighted by Gasteiger charge is 2.40. The van der Waals surface area contributed by atoms with Gasteiger partial charge in [-0.25, -0.2) is 4.79 Å². The van der Waals surface area contributed by atoms with Crippen molar-refractivity contribution in [2.24, 2.45) is 0 Å². The minimum absolute atomic E-state index is 0.0193. The quantitative estimate of drug-likeness (QED) is 0.687. The van der Waals surface area contributed by atoms with E-state index in [1.54, 1.807) is 16.7 Å². The van der Waals surface area contributed by atoms with Crippen molar-refractivity contribution in [1.82, 2.24) is 9.63 Å². The Hall–Kier alpha value is -2.92. The van der Waals surface area contributed by atoms with Gasteiger partial charge in [0.1, 0.15) is 6.04 Å². The van der Waals surface area contributed by atoms with Crippen molar-refractivity contribution in [2.75, 3.05) is 7.11 Å². The van der Waals surface area contributed by atoms with Gasteiger partial charge in [-0.2, -0.15) is 5.06 Å². The molecule has 0 bridgehead atoms. The van der Waals surface area contributed by atoms with E-state index in [-0.39, 0.29) is 18.2 Å². The van der Waals surface area contributed by atoms with Gasteiger partial charge in [0, 0.05) is 17.4 Å². The monoisotopic (exact) mass is 320 g/mol. The molecule has 2 aromatic carbocycles. The van der Waals surface area contributed by atoms with E-state index in [4.69, 9.17) is 4.84 Å². The molecular formula is C19H16N2O3. The number of Topliss-reactive ketones (excluding diaryl/α,β-unsaturated/α-hetero) is 1. The maximum absolute atomic E-state index is 12.7. The number of fused-ring (bicyclic) bond motifs is 3. The topological polar surface area (TPSA) is 51.5 Å². The molecule has 3 aromatic rings. The Labute approximate surface area is 139 Å². The average molecular weight is 320 g/mol. The Morgan fingerprint density at radius 1 is 1.08 bits per heavy atom. The summed E-state index contributed by atoms with van der Waals surface area (Å²) in [7, 11) is 1.45. The Kier molecular flexibility index (Phi) is 3.43. The molecule has 5 nitrogen and oxygen atoms in total. The predicted molar refractivity (Wildman–Crippen MR) is 89.7 cm³/mol. The summed E-state index contributed by atoms with van der Waals surface area (Å²) >= 11 is 0. The number of nitrogens with zero attached hydrogens (tertiary/aromatic N) is 2. The number of carbonyl (C=O) groups excluding carboxylic acids is 2. The predicted octanol–water partition coefficient (Wildman–Crippen LogP) is 3.80. The van der Waals surface area contributed by atoms with Crippen LogP contribution in [0.25, 0.3) is 10.9 Å². The Morgan fingerprint density at radius 3 is 2.54 bits per heavy atom. The maximum Gasteiger partial charge on any atom is 0.353 e. The van der Waals surface area contributed by atoms with Crippen LogP contribution in [-0.4, -0.2) is 28.6 Å². The number of benzene rings is 2. The first kappa shape index (κ1) is 14.7. The van der Waals surface area contributed by atoms with Crippen LogP contribution >= 0.6 is 0 Å². The van der Waals surface area contributed by atoms with Crippen molar-refractivity contribution in [3.05, 3.63) is 71.9 Å². The standard InChI is InChI=1S/C19H16N2O3/c1-24-21-17(12-18(22)13-7-3-2-4-8-13)16-11-14-9-5-6-10-15(14)20(16)19(21)23/h2-11,17H,12H2,1H3. The summed E-state index contributed by atoms with van der Waals surface area (Å²) in [5.74, 6) is -0.0193. The summed E-state index contributed by atoms with van der Waals surface area (Å²) in [5.41, 5.74) is 2.25. The highest BCUT2D eigenvalue weighted by molar-refractivity contribution is 5.99. The van der Waals surface area contributed by atoms with Crippen molar-refractivity contribution in [1.29, 1.82) is 0 Å². The molecule has 1 unspecified atom stereocenters. The van der Waals surface area contributed by atoms with Crippen molar-refractivity contribution in [3.63, 3.8) is 0 Å². The van der Waals surface area contributed by atoms with Crippen LogP contribution in [0, 0.1) is 0 Å². The lowest BCUT2D eigenvalue weighted by atomic mass is 10.0. The zero-order valence-electron chi connectivity index (χ0n) is 13.2. The number of hydroxylamine groups is 2. The summed E-state index contributed by atoms with van der Waals surface area (Å²) in [6.07, 6.45) is 0.180. The molecule has 2 heterocycles. The second-order valence-corrected chi connectivity index (χ2v) is 5.76. The molecule has 0 N–H and O–H groups in total. The molecule has 1 atom stereocenters. The van der Waals surface area contributed by atoms with Crippen LogP contribution in [0.1, 0.15) is 28.5 Å². The minimum Gasteiger partial charge on any atom is -0.294 e. The van der Waals surface area contributed by atoms with Crippen molar-refractivity contribution < 1.29 is 14.4 Å². The van der Waals surface area contributed by atoms with E-state index in [1.807, 2.05) is 48.5 Å². The smallest absolute Gasteiger partial charge is 0.294 e. The molecule has 120 valence electrons. The zero-order valence-corrected chi connectivity index (χ0v) is 13.2. The molecule has 5 heteroatoms. The fourth-order valence-electron chi connectivity index (χ4n) is 3.30. The zero-order chi connectivity index (χ0) is 16.7. The van der Waals surface area contributed by atoms with Crippen LogP contribution in [0.15, 0.2) is 60.7 Å². The van der Waals surface area contributed by atoms with Crippen LogP contribution in [0.5, 0.6) is 0 Å². The Balaban J connectivity index is 1.75. The van der Waals surface area contributed by atoms with Gasteiger partial charge < -0.3 is 0 Å². The molecule has 0 saturated heterocycles. The van der Waals surface area contributed by atoms with Crippen molar-refractivity contribution in [2.45, 2.75) is 12.5 Å². The number of hydrogen-bond donors (Lipinski definition) is 0. The molecule has 1 aliphatic heterocycles. The minimum atomic E-state index is -0.428. The van der Waals surface area contributed by atoms with Gasteiger partial charge in [-0.05, 0) is 12.1 Å². The molecule has 1 aromatic heterocycles. The second-order valence-electron chi connectivity index (χ2n) is 5.76. The van der Waals surface area contributed by atoms with Gasteiger partial charge in [0.2, 0.25) is 0 Å². The number of hydrogen-bond acceptors (Lipinski definition) is 3. The second kappa shape index (κ2) is 5.62. The fraction of sp³-hybridized carbons (Fsp3) is 0.158. The van der Waals surface area contributed by atoms with Crippen LogP contribution in [0.4, 0.5) is 4.79 Å². The highest BCUT2D eigenvalue weighted by atomic mass is 16.7. The van der Waals surface area contributed by atoms with E-state index in [2.05, 4.69) is 0 Å². The molecule has 0 aliphatic carbocycles. The molecule has 1 aliphatic rings. The first-order chi connectivity index (χ1) is 11.7. The lowest BCUT2D eigenvalue weighted by molar-refractivity contribution is -0.107. The van der Waals surface area contributed by atoms with Gasteiger partial charge in [0.05, 0.1) is 18.3 Å². The van der Waals surface area contributed by atoms with Crippen LogP contribution < -0.4 is 0 Å². The summed E-state index contributed by atoms with van der Waals surface area (Å²) in [4.78, 5) is 30.5. The fourth-order valence-corrected chi connectivity index (χ4v) is 3.30. The summed E-state index contributed by atoms with van der Waals surface area (Å²) in [5, 5.41) is 2.26. The SMILES string of the molecule is CON1C(=O)n2c(cc3ccccc32)C1CC(=O)c1ccccc1. The number of aromatic nitrogens is 1. The van der Waals surface area contributed by atoms with Gasteiger partial charge in [0.25, 0.3) is 0 Å². The summed E-state index contributed by atoms with van der Waals surface area (Å²) in [6, 6.07) is 18.0. The molecule has 0 saturated carbocycles. The third kappa shape index (κ3) is 2.13. The van der Waals surface area contributed by atoms with E-state index in [9.17, 15) is 9.59 Å². The van der Waals surface area contributed by atoms with E-state index in [0.717, 1.165) is 16.6 Å². The molecule has 0 fully saturated rings. The summed E-state index contributed by atoms with van der Waals surface area (Å²) in [6.45, 7) is 0. The van der Waals surface area contributed by atoms with Crippen LogP contribution in [-0.2, 0) is 4.84 Å². The molecule has 0 spiro atoms. The number of rotatable bonds is 4. The Bertz CT molecular complexity index is 930. The van der Waals surface area contributed by atoms with E-state index in [0.29, 0.717) is 5.56 Å². The largest absolute Gasteiger partial charge is 0.353 e. The number of amides is 1. The van der Waals surface area contributed by atoms with Crippen molar-refractivity contribution in [3.8, 4) is 0 Å². The van der Waals surface area contributed by atoms with Crippen LogP contribution in [0.2, 0.25) is 0 Å². The first-order valence-electron chi connectivity index (χ1n) is 7.77. The highest BCUT2D eigenvalue weighted by Crippen LogP contribution is 2.37. The van der Waals surface area contributed by atoms with Gasteiger partial charge in [0.15, 0.2) is 5.78 Å². The number of carbonyl (C=O) groups is 2. The molecule has 4 rings (SSSR count). The third-order valence-electron chi connectivity index (χ3n) is 4.41. The van der Waals surface area contributed by atoms with Gasteiger partial charge in [-0.3, -0.25) is 14.2 Å². The maximum atomic E-state index is 12.7. The molecule has 1 amide bonds. The van der Waals surface area contributed by atoms with Gasteiger partial charge >= 0.3 is 6.03 Å². The van der Waals surface area contributed by atoms with Gasteiger partial charge in [-0.1, -0.05) is 48.5 Å². The van der Waals surface area contributed by atoms with Crippen LogP contribution in [0.3, 0.4) is 0 Å². The lowest BCUT2D eigenvalue weighted by Gasteiger charge is -2.20. The van der Waals surface area contributed by atoms with Crippen molar-refractivity contribution >= 4 is 22.7 Å². The molecular weight excluding hydrogens is 304 g/mol. The molecule has 0 radical (unpaired) electrons. The third-order valence-corrected chi connectivity index (χ3v) is 4.41. The first-order valence-corrected chi connectivity index (χ1v) is 7.77. The number of ketones is 1. The Morgan fingerprint density at radius 2 is 1.79 bits per heavy atom. The average Bonchev–Trinajstić information content (AvgIpc) is 3.11. The van der Waals surface area contributed by atoms with E-state index >= 15 is 0 Å². The van der Waals surface area contributed by atoms with Gasteiger partial charge in [-0.15, -0.1) is 0 Å². The van der Waals surface area contributed by atoms with E-state index in [1.165, 1.54) is 12.2 Å². The normalized spacial score (nSPS) is 16.6. The lowest BCUT2D eigenvalue weighted by Crippen LogP contribution is -2.29. The van der Waals surface area contributed by atoms with E-state index < -0.39 is 6.04 Å². The summed E-state index contributed by atoms with van der Waals surface area (Å²) < 4.78 is 1.63.